The summed E-state index contributed by atoms with van der Waals surface area (Å²) in [4.78, 5) is 20.7. The number of hydrogen-bond acceptors (Lipinski definition) is 5. The predicted octanol–water partition coefficient (Wildman–Crippen LogP) is 1.94. The molecule has 1 aliphatic heterocycles. The lowest BCUT2D eigenvalue weighted by molar-refractivity contribution is -0.132. The van der Waals surface area contributed by atoms with Crippen LogP contribution in [0.25, 0.3) is 11.5 Å². The van der Waals surface area contributed by atoms with Gasteiger partial charge in [-0.15, -0.1) is 12.4 Å². The van der Waals surface area contributed by atoms with E-state index in [1.807, 2.05) is 41.1 Å². The van der Waals surface area contributed by atoms with Gasteiger partial charge in [-0.1, -0.05) is 17.7 Å². The SMILES string of the molecule is Cc1ccc(-c2nc(CN(C)CC(=O)N3CCNCC3)co2)cc1.Cl. The Hall–Kier alpha value is -1.89. The average molecular weight is 365 g/mol. The van der Waals surface area contributed by atoms with Crippen LogP contribution in [0.3, 0.4) is 0 Å². The molecule has 0 bridgehead atoms. The summed E-state index contributed by atoms with van der Waals surface area (Å²) >= 11 is 0. The largest absolute Gasteiger partial charge is 0.444 e. The molecule has 1 saturated heterocycles. The number of likely N-dealkylation sites (N-methyl/N-ethyl adjacent to an activating group) is 1. The first-order valence-corrected chi connectivity index (χ1v) is 8.30. The van der Waals surface area contributed by atoms with Crippen LogP contribution >= 0.6 is 12.4 Å². The summed E-state index contributed by atoms with van der Waals surface area (Å²) in [5.41, 5.74) is 3.00. The molecule has 3 rings (SSSR count). The summed E-state index contributed by atoms with van der Waals surface area (Å²) < 4.78 is 5.57. The molecule has 0 radical (unpaired) electrons. The molecular weight excluding hydrogens is 340 g/mol. The predicted molar refractivity (Wildman–Crippen MR) is 99.7 cm³/mol. The highest BCUT2D eigenvalue weighted by molar-refractivity contribution is 5.85. The van der Waals surface area contributed by atoms with Gasteiger partial charge in [0.15, 0.2) is 0 Å². The smallest absolute Gasteiger partial charge is 0.236 e. The fraction of sp³-hybridized carbons (Fsp3) is 0.444. The van der Waals surface area contributed by atoms with Crippen molar-refractivity contribution in [2.75, 3.05) is 39.8 Å². The summed E-state index contributed by atoms with van der Waals surface area (Å²) in [7, 11) is 1.93. The maximum atomic E-state index is 12.3. The van der Waals surface area contributed by atoms with Crippen molar-refractivity contribution in [1.82, 2.24) is 20.1 Å². The number of halogens is 1. The average Bonchev–Trinajstić information content (AvgIpc) is 3.04. The highest BCUT2D eigenvalue weighted by atomic mass is 35.5. The molecule has 1 amide bonds. The normalized spacial score (nSPS) is 14.4. The van der Waals surface area contributed by atoms with Gasteiger partial charge in [0, 0.05) is 38.3 Å². The van der Waals surface area contributed by atoms with Crippen molar-refractivity contribution in [2.45, 2.75) is 13.5 Å². The highest BCUT2D eigenvalue weighted by Crippen LogP contribution is 2.19. The zero-order valence-corrected chi connectivity index (χ0v) is 15.5. The Morgan fingerprint density at radius 1 is 1.28 bits per heavy atom. The summed E-state index contributed by atoms with van der Waals surface area (Å²) in [5.74, 6) is 0.785. The van der Waals surface area contributed by atoms with Crippen molar-refractivity contribution >= 4 is 18.3 Å². The van der Waals surface area contributed by atoms with Crippen LogP contribution in [-0.4, -0.2) is 60.5 Å². The van der Waals surface area contributed by atoms with E-state index in [4.69, 9.17) is 4.42 Å². The number of amides is 1. The molecule has 0 saturated carbocycles. The van der Waals surface area contributed by atoms with Crippen LogP contribution in [0.4, 0.5) is 0 Å². The topological polar surface area (TPSA) is 61.6 Å². The first-order chi connectivity index (χ1) is 11.6. The summed E-state index contributed by atoms with van der Waals surface area (Å²) in [5, 5.41) is 3.25. The maximum Gasteiger partial charge on any atom is 0.236 e. The van der Waals surface area contributed by atoms with Gasteiger partial charge in [0.2, 0.25) is 11.8 Å². The molecule has 25 heavy (non-hydrogen) atoms. The molecule has 136 valence electrons. The summed E-state index contributed by atoms with van der Waals surface area (Å²) in [6, 6.07) is 8.08. The van der Waals surface area contributed by atoms with Gasteiger partial charge in [-0.25, -0.2) is 4.98 Å². The minimum Gasteiger partial charge on any atom is -0.444 e. The number of piperazine rings is 1. The number of carbonyl (C=O) groups is 1. The van der Waals surface area contributed by atoms with Crippen LogP contribution in [0, 0.1) is 6.92 Å². The van der Waals surface area contributed by atoms with Crippen molar-refractivity contribution in [3.63, 3.8) is 0 Å². The van der Waals surface area contributed by atoms with Gasteiger partial charge in [0.25, 0.3) is 0 Å². The molecule has 2 aromatic rings. The Morgan fingerprint density at radius 3 is 2.64 bits per heavy atom. The Morgan fingerprint density at radius 2 is 1.96 bits per heavy atom. The Bertz CT molecular complexity index is 681. The van der Waals surface area contributed by atoms with Crippen LogP contribution in [0.15, 0.2) is 34.9 Å². The van der Waals surface area contributed by atoms with Gasteiger partial charge in [-0.2, -0.15) is 0 Å². The van der Waals surface area contributed by atoms with Gasteiger partial charge in [0.1, 0.15) is 6.26 Å². The second kappa shape index (κ2) is 8.99. The van der Waals surface area contributed by atoms with Gasteiger partial charge in [-0.05, 0) is 26.1 Å². The Kier molecular flexibility index (Phi) is 6.99. The number of carbonyl (C=O) groups excluding carboxylic acids is 1. The van der Waals surface area contributed by atoms with Crippen LogP contribution < -0.4 is 5.32 Å². The fourth-order valence-electron chi connectivity index (χ4n) is 2.79. The summed E-state index contributed by atoms with van der Waals surface area (Å²) in [6.07, 6.45) is 1.67. The molecule has 1 aromatic carbocycles. The summed E-state index contributed by atoms with van der Waals surface area (Å²) in [6.45, 7) is 6.36. The molecule has 1 N–H and O–H groups in total. The highest BCUT2D eigenvalue weighted by Gasteiger charge is 2.18. The van der Waals surface area contributed by atoms with Gasteiger partial charge < -0.3 is 14.6 Å². The van der Waals surface area contributed by atoms with E-state index in [1.54, 1.807) is 6.26 Å². The zero-order valence-electron chi connectivity index (χ0n) is 14.7. The number of aryl methyl sites for hydroxylation is 1. The number of nitrogens with zero attached hydrogens (tertiary/aromatic N) is 3. The standard InChI is InChI=1S/C18H24N4O2.ClH/c1-14-3-5-15(6-4-14)18-20-16(13-24-18)11-21(2)12-17(23)22-9-7-19-8-10-22;/h3-6,13,19H,7-12H2,1-2H3;1H. The van der Waals surface area contributed by atoms with Gasteiger partial charge in [0.05, 0.1) is 12.2 Å². The lowest BCUT2D eigenvalue weighted by atomic mass is 10.1. The van der Waals surface area contributed by atoms with E-state index in [0.29, 0.717) is 19.0 Å². The molecule has 1 aromatic heterocycles. The van der Waals surface area contributed by atoms with Crippen LogP contribution in [0.5, 0.6) is 0 Å². The van der Waals surface area contributed by atoms with Gasteiger partial charge >= 0.3 is 0 Å². The van der Waals surface area contributed by atoms with Crippen LogP contribution in [-0.2, 0) is 11.3 Å². The van der Waals surface area contributed by atoms with E-state index in [2.05, 4.69) is 17.2 Å². The van der Waals surface area contributed by atoms with E-state index in [1.165, 1.54) is 5.56 Å². The van der Waals surface area contributed by atoms with E-state index < -0.39 is 0 Å². The van der Waals surface area contributed by atoms with E-state index in [-0.39, 0.29) is 18.3 Å². The fourth-order valence-corrected chi connectivity index (χ4v) is 2.79. The number of nitrogens with one attached hydrogen (secondary N) is 1. The zero-order chi connectivity index (χ0) is 16.9. The number of hydrogen-bond donors (Lipinski definition) is 1. The molecule has 7 heteroatoms. The lowest BCUT2D eigenvalue weighted by Gasteiger charge is -2.29. The second-order valence-electron chi connectivity index (χ2n) is 6.31. The molecule has 2 heterocycles. The molecule has 0 atom stereocenters. The molecule has 0 spiro atoms. The third kappa shape index (κ3) is 5.29. The second-order valence-corrected chi connectivity index (χ2v) is 6.31. The van der Waals surface area contributed by atoms with Crippen molar-refractivity contribution in [1.29, 1.82) is 0 Å². The molecule has 0 unspecified atom stereocenters. The lowest BCUT2D eigenvalue weighted by Crippen LogP contribution is -2.49. The quantitative estimate of drug-likeness (QED) is 0.878. The van der Waals surface area contributed by atoms with Crippen molar-refractivity contribution < 1.29 is 9.21 Å². The number of rotatable bonds is 5. The van der Waals surface area contributed by atoms with Crippen LogP contribution in [0.2, 0.25) is 0 Å². The number of benzene rings is 1. The van der Waals surface area contributed by atoms with Crippen molar-refractivity contribution in [3.05, 3.63) is 41.8 Å². The number of aromatic nitrogens is 1. The first-order valence-electron chi connectivity index (χ1n) is 8.30. The first kappa shape index (κ1) is 19.4. The Balaban J connectivity index is 0.00000225. The third-order valence-electron chi connectivity index (χ3n) is 4.16. The molecule has 1 fully saturated rings. The maximum absolute atomic E-state index is 12.3. The number of oxazole rings is 1. The third-order valence-corrected chi connectivity index (χ3v) is 4.16. The van der Waals surface area contributed by atoms with E-state index in [9.17, 15) is 4.79 Å². The minimum atomic E-state index is 0. The molecule has 0 aliphatic carbocycles. The van der Waals surface area contributed by atoms with E-state index in [0.717, 1.165) is 37.4 Å². The Labute approximate surface area is 154 Å². The minimum absolute atomic E-state index is 0. The molecular formula is C18H25ClN4O2. The van der Waals surface area contributed by atoms with Crippen molar-refractivity contribution in [2.24, 2.45) is 0 Å². The van der Waals surface area contributed by atoms with Crippen molar-refractivity contribution in [3.8, 4) is 11.5 Å². The molecule has 6 nitrogen and oxygen atoms in total. The van der Waals surface area contributed by atoms with E-state index >= 15 is 0 Å². The molecule has 1 aliphatic rings. The monoisotopic (exact) mass is 364 g/mol. The van der Waals surface area contributed by atoms with Crippen LogP contribution in [0.1, 0.15) is 11.3 Å². The van der Waals surface area contributed by atoms with Gasteiger partial charge in [-0.3, -0.25) is 9.69 Å².